The second kappa shape index (κ2) is 6.65. The number of Topliss-reactive ketones (excluding diaryl/α,β-unsaturated/α-hetero) is 1. The van der Waals surface area contributed by atoms with E-state index in [9.17, 15) is 4.79 Å². The highest BCUT2D eigenvalue weighted by Gasteiger charge is 2.13. The Morgan fingerprint density at radius 1 is 1.04 bits per heavy atom. The smallest absolute Gasteiger partial charge is 0.170 e. The first-order valence-electron chi connectivity index (χ1n) is 8.90. The fourth-order valence-electron chi connectivity index (χ4n) is 3.40. The van der Waals surface area contributed by atoms with Gasteiger partial charge in [-0.1, -0.05) is 18.2 Å². The molecule has 5 nitrogen and oxygen atoms in total. The Bertz CT molecular complexity index is 1330. The van der Waals surface area contributed by atoms with Gasteiger partial charge in [-0.25, -0.2) is 4.98 Å². The molecular formula is C22H16N4OS. The van der Waals surface area contributed by atoms with Crippen molar-refractivity contribution < 1.29 is 4.79 Å². The van der Waals surface area contributed by atoms with E-state index in [0.29, 0.717) is 5.56 Å². The largest absolute Gasteiger partial charge is 0.294 e. The lowest BCUT2D eigenvalue weighted by Gasteiger charge is -2.06. The summed E-state index contributed by atoms with van der Waals surface area (Å²) in [7, 11) is 1.90. The summed E-state index contributed by atoms with van der Waals surface area (Å²) in [5.74, 6) is 0.0603. The lowest BCUT2D eigenvalue weighted by Crippen LogP contribution is -2.05. The van der Waals surface area contributed by atoms with E-state index in [1.165, 1.54) is 11.3 Å². The number of benzene rings is 2. The zero-order valence-electron chi connectivity index (χ0n) is 15.2. The van der Waals surface area contributed by atoms with Crippen molar-refractivity contribution in [1.29, 1.82) is 0 Å². The van der Waals surface area contributed by atoms with E-state index in [0.717, 1.165) is 37.8 Å². The van der Waals surface area contributed by atoms with Crippen LogP contribution in [0.25, 0.3) is 32.1 Å². The Morgan fingerprint density at radius 2 is 1.96 bits per heavy atom. The van der Waals surface area contributed by atoms with E-state index in [-0.39, 0.29) is 12.2 Å². The van der Waals surface area contributed by atoms with Crippen LogP contribution in [0.15, 0.2) is 66.6 Å². The molecule has 0 aliphatic heterocycles. The van der Waals surface area contributed by atoms with Gasteiger partial charge in [-0.05, 0) is 35.2 Å². The number of pyridine rings is 1. The Labute approximate surface area is 165 Å². The Morgan fingerprint density at radius 3 is 2.82 bits per heavy atom. The lowest BCUT2D eigenvalue weighted by atomic mass is 10.0. The van der Waals surface area contributed by atoms with Crippen LogP contribution in [-0.4, -0.2) is 25.5 Å². The number of ketones is 1. The highest BCUT2D eigenvalue weighted by Crippen LogP contribution is 2.26. The van der Waals surface area contributed by atoms with Gasteiger partial charge in [0.1, 0.15) is 0 Å². The number of thiazole rings is 1. The van der Waals surface area contributed by atoms with Gasteiger partial charge < -0.3 is 0 Å². The van der Waals surface area contributed by atoms with Gasteiger partial charge in [0.25, 0.3) is 0 Å². The fraction of sp³-hybridized carbons (Fsp3) is 0.0909. The van der Waals surface area contributed by atoms with Crippen molar-refractivity contribution in [1.82, 2.24) is 19.7 Å². The van der Waals surface area contributed by atoms with Gasteiger partial charge in [0.05, 0.1) is 28.3 Å². The van der Waals surface area contributed by atoms with Crippen LogP contribution < -0.4 is 0 Å². The van der Waals surface area contributed by atoms with E-state index in [1.54, 1.807) is 10.2 Å². The highest BCUT2D eigenvalue weighted by molar-refractivity contribution is 7.17. The lowest BCUT2D eigenvalue weighted by molar-refractivity contribution is 0.0993. The van der Waals surface area contributed by atoms with Crippen molar-refractivity contribution >= 4 is 38.1 Å². The van der Waals surface area contributed by atoms with Crippen LogP contribution in [-0.2, 0) is 13.5 Å². The molecule has 0 bridgehead atoms. The maximum atomic E-state index is 12.9. The van der Waals surface area contributed by atoms with Crippen LogP contribution in [0.3, 0.4) is 0 Å². The number of aromatic nitrogens is 4. The van der Waals surface area contributed by atoms with Crippen LogP contribution in [0.2, 0.25) is 0 Å². The molecule has 28 heavy (non-hydrogen) atoms. The van der Waals surface area contributed by atoms with Crippen LogP contribution in [0.1, 0.15) is 16.1 Å². The number of fused-ring (bicyclic) bond motifs is 2. The van der Waals surface area contributed by atoms with E-state index in [1.807, 2.05) is 56.0 Å². The summed E-state index contributed by atoms with van der Waals surface area (Å²) in [4.78, 5) is 21.7. The van der Waals surface area contributed by atoms with Gasteiger partial charge in [-0.3, -0.25) is 14.5 Å². The van der Waals surface area contributed by atoms with E-state index >= 15 is 0 Å². The first-order chi connectivity index (χ1) is 13.7. The van der Waals surface area contributed by atoms with E-state index in [4.69, 9.17) is 0 Å². The number of aryl methyl sites for hydroxylation is 1. The SMILES string of the molecule is Cn1cc(-c2ccc3cnc(CC(=O)c4cccc5ncsc45)cc3c2)cn1. The molecule has 0 unspecified atom stereocenters. The molecule has 0 aliphatic rings. The zero-order chi connectivity index (χ0) is 19.1. The molecule has 0 fully saturated rings. The minimum atomic E-state index is 0.0603. The highest BCUT2D eigenvalue weighted by atomic mass is 32.1. The maximum absolute atomic E-state index is 12.9. The summed E-state index contributed by atoms with van der Waals surface area (Å²) in [5.41, 5.74) is 6.28. The molecule has 0 atom stereocenters. The number of carbonyl (C=O) groups excluding carboxylic acids is 1. The second-order valence-corrected chi connectivity index (χ2v) is 7.60. The van der Waals surface area contributed by atoms with E-state index < -0.39 is 0 Å². The molecule has 0 radical (unpaired) electrons. The van der Waals surface area contributed by atoms with Crippen LogP contribution in [0.4, 0.5) is 0 Å². The molecule has 0 aliphatic carbocycles. The van der Waals surface area contributed by atoms with Gasteiger partial charge >= 0.3 is 0 Å². The molecule has 0 saturated heterocycles. The fourth-order valence-corrected chi connectivity index (χ4v) is 4.22. The van der Waals surface area contributed by atoms with Crippen molar-refractivity contribution in [2.45, 2.75) is 6.42 Å². The van der Waals surface area contributed by atoms with Crippen molar-refractivity contribution in [3.8, 4) is 11.1 Å². The summed E-state index contributed by atoms with van der Waals surface area (Å²) in [5, 5.41) is 6.35. The molecule has 136 valence electrons. The molecule has 5 aromatic rings. The van der Waals surface area contributed by atoms with Crippen LogP contribution in [0, 0.1) is 0 Å². The third kappa shape index (κ3) is 2.97. The number of carbonyl (C=O) groups is 1. The summed E-state index contributed by atoms with van der Waals surface area (Å²) >= 11 is 1.50. The molecule has 0 spiro atoms. The maximum Gasteiger partial charge on any atom is 0.170 e. The number of rotatable bonds is 4. The van der Waals surface area contributed by atoms with Crippen molar-refractivity contribution in [2.75, 3.05) is 0 Å². The van der Waals surface area contributed by atoms with Crippen LogP contribution >= 0.6 is 11.3 Å². The average molecular weight is 384 g/mol. The predicted octanol–water partition coefficient (Wildman–Crippen LogP) is 4.67. The van der Waals surface area contributed by atoms with Crippen LogP contribution in [0.5, 0.6) is 0 Å². The molecule has 2 aromatic carbocycles. The molecule has 0 N–H and O–H groups in total. The normalized spacial score (nSPS) is 11.3. The van der Waals surface area contributed by atoms with Crippen molar-refractivity contribution in [2.24, 2.45) is 7.05 Å². The topological polar surface area (TPSA) is 60.7 Å². The van der Waals surface area contributed by atoms with Gasteiger partial charge in [0, 0.05) is 41.6 Å². The number of nitrogens with zero attached hydrogens (tertiary/aromatic N) is 4. The summed E-state index contributed by atoms with van der Waals surface area (Å²) < 4.78 is 2.73. The third-order valence-electron chi connectivity index (χ3n) is 4.82. The molecular weight excluding hydrogens is 368 g/mol. The van der Waals surface area contributed by atoms with E-state index in [2.05, 4.69) is 27.2 Å². The zero-order valence-corrected chi connectivity index (χ0v) is 16.0. The number of hydrogen-bond donors (Lipinski definition) is 0. The molecule has 3 aromatic heterocycles. The average Bonchev–Trinajstić information content (AvgIpc) is 3.36. The Balaban J connectivity index is 1.49. The number of hydrogen-bond acceptors (Lipinski definition) is 5. The molecule has 0 saturated carbocycles. The molecule has 6 heteroatoms. The molecule has 0 amide bonds. The van der Waals surface area contributed by atoms with Gasteiger partial charge in [0.2, 0.25) is 0 Å². The monoisotopic (exact) mass is 384 g/mol. The quantitative estimate of drug-likeness (QED) is 0.423. The Hall–Kier alpha value is -3.38. The van der Waals surface area contributed by atoms with Gasteiger partial charge in [-0.15, -0.1) is 11.3 Å². The minimum Gasteiger partial charge on any atom is -0.294 e. The first-order valence-corrected chi connectivity index (χ1v) is 9.78. The molecule has 5 rings (SSSR count). The van der Waals surface area contributed by atoms with Gasteiger partial charge in [0.15, 0.2) is 5.78 Å². The minimum absolute atomic E-state index is 0.0603. The van der Waals surface area contributed by atoms with Gasteiger partial charge in [-0.2, -0.15) is 5.10 Å². The summed E-state index contributed by atoms with van der Waals surface area (Å²) in [6.07, 6.45) is 5.94. The second-order valence-electron chi connectivity index (χ2n) is 6.75. The summed E-state index contributed by atoms with van der Waals surface area (Å²) in [6, 6.07) is 13.9. The molecule has 3 heterocycles. The van der Waals surface area contributed by atoms with Crippen molar-refractivity contribution in [3.63, 3.8) is 0 Å². The third-order valence-corrected chi connectivity index (χ3v) is 5.69. The first kappa shape index (κ1) is 16.8. The van der Waals surface area contributed by atoms with Crippen molar-refractivity contribution in [3.05, 3.63) is 77.8 Å². The Kier molecular flexibility index (Phi) is 3.98. The predicted molar refractivity (Wildman–Crippen MR) is 112 cm³/mol. The standard InChI is InChI=1S/C22H16N4OS/c1-26-12-17(11-25-26)14-5-6-15-10-23-18(8-16(15)7-14)9-21(27)19-3-2-4-20-22(19)28-13-24-20/h2-8,10-13H,9H2,1H3. The summed E-state index contributed by atoms with van der Waals surface area (Å²) in [6.45, 7) is 0.